The van der Waals surface area contributed by atoms with Gasteiger partial charge in [0.2, 0.25) is 0 Å². The van der Waals surface area contributed by atoms with Crippen LogP contribution >= 0.6 is 11.6 Å². The lowest BCUT2D eigenvalue weighted by Gasteiger charge is -2.11. The molecule has 0 bridgehead atoms. The predicted octanol–water partition coefficient (Wildman–Crippen LogP) is 4.11. The molecule has 22 heavy (non-hydrogen) atoms. The molecule has 0 fully saturated rings. The number of ether oxygens (including phenoxy) is 1. The van der Waals surface area contributed by atoms with Crippen LogP contribution in [0.1, 0.15) is 5.56 Å². The summed E-state index contributed by atoms with van der Waals surface area (Å²) >= 11 is 6.18. The zero-order valence-electron chi connectivity index (χ0n) is 11.6. The summed E-state index contributed by atoms with van der Waals surface area (Å²) in [5.41, 5.74) is 2.72. The number of aromatic nitrogens is 3. The summed E-state index contributed by atoms with van der Waals surface area (Å²) in [5, 5.41) is 9.79. The van der Waals surface area contributed by atoms with Crippen LogP contribution in [-0.2, 0) is 6.61 Å². The standard InChI is InChI=1S/C17H12ClN3O/c18-14-7-3-1-5-12(14)10-22-16-9-17-20-19-11-21(17)15-8-4-2-6-13(15)16/h1-9,11H,10H2. The molecular formula is C17H12ClN3O. The van der Waals surface area contributed by atoms with Gasteiger partial charge in [-0.25, -0.2) is 0 Å². The van der Waals surface area contributed by atoms with E-state index >= 15 is 0 Å². The normalized spacial score (nSPS) is 11.1. The van der Waals surface area contributed by atoms with E-state index in [2.05, 4.69) is 10.2 Å². The van der Waals surface area contributed by atoms with Gasteiger partial charge in [0.1, 0.15) is 18.7 Å². The van der Waals surface area contributed by atoms with E-state index in [1.54, 1.807) is 6.33 Å². The van der Waals surface area contributed by atoms with E-state index in [0.29, 0.717) is 11.6 Å². The minimum atomic E-state index is 0.411. The first-order valence-corrected chi connectivity index (χ1v) is 7.28. The molecular weight excluding hydrogens is 298 g/mol. The first kappa shape index (κ1) is 13.1. The predicted molar refractivity (Wildman–Crippen MR) is 86.3 cm³/mol. The summed E-state index contributed by atoms with van der Waals surface area (Å²) < 4.78 is 7.94. The number of pyridine rings is 1. The monoisotopic (exact) mass is 309 g/mol. The summed E-state index contributed by atoms with van der Waals surface area (Å²) in [6.07, 6.45) is 1.70. The molecule has 0 aliphatic heterocycles. The van der Waals surface area contributed by atoms with Crippen LogP contribution in [0.2, 0.25) is 5.02 Å². The van der Waals surface area contributed by atoms with Crippen LogP contribution in [-0.4, -0.2) is 14.6 Å². The number of para-hydroxylation sites is 1. The lowest BCUT2D eigenvalue weighted by atomic mass is 10.2. The van der Waals surface area contributed by atoms with Crippen LogP contribution in [0.4, 0.5) is 0 Å². The van der Waals surface area contributed by atoms with Crippen LogP contribution in [0.25, 0.3) is 16.6 Å². The highest BCUT2D eigenvalue weighted by Gasteiger charge is 2.09. The van der Waals surface area contributed by atoms with Crippen LogP contribution < -0.4 is 4.74 Å². The number of halogens is 1. The highest BCUT2D eigenvalue weighted by molar-refractivity contribution is 6.31. The molecule has 0 unspecified atom stereocenters. The van der Waals surface area contributed by atoms with Gasteiger partial charge in [0.15, 0.2) is 5.65 Å². The Kier molecular flexibility index (Phi) is 3.16. The van der Waals surface area contributed by atoms with Gasteiger partial charge in [-0.15, -0.1) is 10.2 Å². The molecule has 2 aromatic heterocycles. The Bertz CT molecular complexity index is 964. The Hall–Kier alpha value is -2.59. The topological polar surface area (TPSA) is 39.4 Å². The van der Waals surface area contributed by atoms with Crippen molar-refractivity contribution in [3.8, 4) is 5.75 Å². The van der Waals surface area contributed by atoms with Crippen molar-refractivity contribution in [3.05, 3.63) is 71.5 Å². The van der Waals surface area contributed by atoms with Gasteiger partial charge in [-0.3, -0.25) is 4.40 Å². The molecule has 2 aromatic carbocycles. The SMILES string of the molecule is Clc1ccccc1COc1cc2nncn2c2ccccc12. The van der Waals surface area contributed by atoms with Crippen molar-refractivity contribution in [2.45, 2.75) is 6.61 Å². The Morgan fingerprint density at radius 3 is 2.77 bits per heavy atom. The average Bonchev–Trinajstić information content (AvgIpc) is 3.02. The largest absolute Gasteiger partial charge is 0.488 e. The maximum atomic E-state index is 6.18. The highest BCUT2D eigenvalue weighted by Crippen LogP contribution is 2.28. The molecule has 4 nitrogen and oxygen atoms in total. The van der Waals surface area contributed by atoms with Crippen molar-refractivity contribution in [2.24, 2.45) is 0 Å². The van der Waals surface area contributed by atoms with E-state index < -0.39 is 0 Å². The van der Waals surface area contributed by atoms with E-state index in [9.17, 15) is 0 Å². The third kappa shape index (κ3) is 2.18. The second-order valence-electron chi connectivity index (χ2n) is 4.96. The van der Waals surface area contributed by atoms with E-state index in [4.69, 9.17) is 16.3 Å². The van der Waals surface area contributed by atoms with Crippen LogP contribution in [0.5, 0.6) is 5.75 Å². The lowest BCUT2D eigenvalue weighted by Crippen LogP contribution is -1.98. The Morgan fingerprint density at radius 2 is 1.86 bits per heavy atom. The molecule has 5 heteroatoms. The fourth-order valence-electron chi connectivity index (χ4n) is 2.51. The molecule has 0 radical (unpaired) electrons. The van der Waals surface area contributed by atoms with Crippen molar-refractivity contribution in [1.82, 2.24) is 14.6 Å². The van der Waals surface area contributed by atoms with Crippen molar-refractivity contribution >= 4 is 28.2 Å². The Morgan fingerprint density at radius 1 is 1.05 bits per heavy atom. The maximum absolute atomic E-state index is 6.18. The number of hydrogen-bond acceptors (Lipinski definition) is 3. The van der Waals surface area contributed by atoms with Gasteiger partial charge >= 0.3 is 0 Å². The zero-order chi connectivity index (χ0) is 14.9. The van der Waals surface area contributed by atoms with Gasteiger partial charge in [-0.1, -0.05) is 41.9 Å². The summed E-state index contributed by atoms with van der Waals surface area (Å²) in [6, 6.07) is 17.6. The first-order valence-electron chi connectivity index (χ1n) is 6.90. The number of nitrogens with zero attached hydrogens (tertiary/aromatic N) is 3. The number of fused-ring (bicyclic) bond motifs is 3. The summed E-state index contributed by atoms with van der Waals surface area (Å²) in [7, 11) is 0. The minimum Gasteiger partial charge on any atom is -0.488 e. The number of benzene rings is 2. The van der Waals surface area contributed by atoms with Crippen LogP contribution in [0.15, 0.2) is 60.9 Å². The average molecular weight is 310 g/mol. The Balaban J connectivity index is 1.78. The fourth-order valence-corrected chi connectivity index (χ4v) is 2.70. The molecule has 0 atom stereocenters. The van der Waals surface area contributed by atoms with Gasteiger partial charge in [0, 0.05) is 22.0 Å². The van der Waals surface area contributed by atoms with E-state index in [1.165, 1.54) is 0 Å². The van der Waals surface area contributed by atoms with Crippen LogP contribution in [0, 0.1) is 0 Å². The third-order valence-electron chi connectivity index (χ3n) is 3.60. The molecule has 0 saturated carbocycles. The van der Waals surface area contributed by atoms with Crippen molar-refractivity contribution in [3.63, 3.8) is 0 Å². The summed E-state index contributed by atoms with van der Waals surface area (Å²) in [6.45, 7) is 0.411. The van der Waals surface area contributed by atoms with Crippen molar-refractivity contribution < 1.29 is 4.74 Å². The minimum absolute atomic E-state index is 0.411. The molecule has 2 heterocycles. The number of rotatable bonds is 3. The van der Waals surface area contributed by atoms with Gasteiger partial charge in [0.05, 0.1) is 5.52 Å². The van der Waals surface area contributed by atoms with E-state index in [1.807, 2.05) is 59.0 Å². The van der Waals surface area contributed by atoms with Gasteiger partial charge in [-0.05, 0) is 18.2 Å². The smallest absolute Gasteiger partial charge is 0.164 e. The fraction of sp³-hybridized carbons (Fsp3) is 0.0588. The molecule has 0 amide bonds. The van der Waals surface area contributed by atoms with Crippen LogP contribution in [0.3, 0.4) is 0 Å². The molecule has 4 aromatic rings. The van der Waals surface area contributed by atoms with E-state index in [0.717, 1.165) is 27.9 Å². The zero-order valence-corrected chi connectivity index (χ0v) is 12.4. The molecule has 108 valence electrons. The first-order chi connectivity index (χ1) is 10.8. The van der Waals surface area contributed by atoms with Gasteiger partial charge < -0.3 is 4.74 Å². The third-order valence-corrected chi connectivity index (χ3v) is 3.97. The molecule has 0 spiro atoms. The quantitative estimate of drug-likeness (QED) is 0.571. The molecule has 4 rings (SSSR count). The van der Waals surface area contributed by atoms with Gasteiger partial charge in [-0.2, -0.15) is 0 Å². The summed E-state index contributed by atoms with van der Waals surface area (Å²) in [4.78, 5) is 0. The second-order valence-corrected chi connectivity index (χ2v) is 5.37. The highest BCUT2D eigenvalue weighted by atomic mass is 35.5. The van der Waals surface area contributed by atoms with Crippen molar-refractivity contribution in [1.29, 1.82) is 0 Å². The summed E-state index contributed by atoms with van der Waals surface area (Å²) in [5.74, 6) is 0.774. The van der Waals surface area contributed by atoms with Gasteiger partial charge in [0.25, 0.3) is 0 Å². The molecule has 0 N–H and O–H groups in total. The molecule has 0 saturated heterocycles. The molecule has 0 aliphatic rings. The lowest BCUT2D eigenvalue weighted by molar-refractivity contribution is 0.310. The number of hydrogen-bond donors (Lipinski definition) is 0. The second kappa shape index (κ2) is 5.31. The van der Waals surface area contributed by atoms with E-state index in [-0.39, 0.29) is 0 Å². The molecule has 0 aliphatic carbocycles. The Labute approximate surface area is 131 Å². The van der Waals surface area contributed by atoms with Crippen molar-refractivity contribution in [2.75, 3.05) is 0 Å². The maximum Gasteiger partial charge on any atom is 0.164 e.